The Kier molecular flexibility index (Phi) is 4.13. The molecule has 1 atom stereocenters. The van der Waals surface area contributed by atoms with Crippen LogP contribution in [0.15, 0.2) is 72.8 Å². The van der Waals surface area contributed by atoms with Gasteiger partial charge < -0.3 is 10.5 Å². The number of benzene rings is 3. The van der Waals surface area contributed by atoms with Crippen LogP contribution in [0.3, 0.4) is 0 Å². The molecule has 0 fully saturated rings. The van der Waals surface area contributed by atoms with E-state index in [0.717, 1.165) is 21.9 Å². The van der Waals surface area contributed by atoms with Gasteiger partial charge in [-0.05, 0) is 28.8 Å². The molecule has 0 saturated heterocycles. The minimum absolute atomic E-state index is 0.219. The molecule has 3 aromatic carbocycles. The van der Waals surface area contributed by atoms with Gasteiger partial charge in [0.15, 0.2) is 0 Å². The molecule has 3 nitrogen and oxygen atoms in total. The van der Waals surface area contributed by atoms with Gasteiger partial charge in [0.05, 0.1) is 0 Å². The molecule has 0 aliphatic rings. The van der Waals surface area contributed by atoms with E-state index in [1.807, 2.05) is 72.8 Å². The van der Waals surface area contributed by atoms with Crippen molar-refractivity contribution in [3.05, 3.63) is 83.9 Å². The molecular formula is C20H19NO2. The third-order valence-corrected chi connectivity index (χ3v) is 3.99. The number of hydrogen-bond acceptors (Lipinski definition) is 3. The first-order valence-corrected chi connectivity index (χ1v) is 7.57. The van der Waals surface area contributed by atoms with E-state index in [1.165, 1.54) is 0 Å². The van der Waals surface area contributed by atoms with Crippen molar-refractivity contribution >= 4 is 16.7 Å². The molecule has 0 aliphatic carbocycles. The summed E-state index contributed by atoms with van der Waals surface area (Å²) >= 11 is 0. The molecule has 0 unspecified atom stereocenters. The summed E-state index contributed by atoms with van der Waals surface area (Å²) < 4.78 is 5.43. The second-order valence-corrected chi connectivity index (χ2v) is 5.79. The molecule has 0 spiro atoms. The number of fused-ring (bicyclic) bond motifs is 1. The summed E-state index contributed by atoms with van der Waals surface area (Å²) in [5.41, 5.74) is 6.85. The fourth-order valence-corrected chi connectivity index (χ4v) is 2.66. The van der Waals surface area contributed by atoms with Gasteiger partial charge >= 0.3 is 5.97 Å². The van der Waals surface area contributed by atoms with Gasteiger partial charge in [-0.3, -0.25) is 0 Å². The zero-order valence-electron chi connectivity index (χ0n) is 13.0. The molecule has 116 valence electrons. The van der Waals surface area contributed by atoms with E-state index in [-0.39, 0.29) is 6.61 Å². The molecular weight excluding hydrogens is 286 g/mol. The van der Waals surface area contributed by atoms with Crippen LogP contribution in [-0.4, -0.2) is 5.97 Å². The third kappa shape index (κ3) is 3.10. The quantitative estimate of drug-likeness (QED) is 0.747. The van der Waals surface area contributed by atoms with Crippen LogP contribution in [0, 0.1) is 0 Å². The first-order valence-electron chi connectivity index (χ1n) is 7.57. The largest absolute Gasteiger partial charge is 0.459 e. The van der Waals surface area contributed by atoms with Crippen molar-refractivity contribution in [3.63, 3.8) is 0 Å². The van der Waals surface area contributed by atoms with Crippen molar-refractivity contribution in [3.8, 4) is 0 Å². The first-order chi connectivity index (χ1) is 11.1. The number of carbonyl (C=O) groups excluding carboxylic acids is 1. The van der Waals surface area contributed by atoms with Crippen LogP contribution in [0.1, 0.15) is 18.1 Å². The molecule has 23 heavy (non-hydrogen) atoms. The highest BCUT2D eigenvalue weighted by molar-refractivity contribution is 5.93. The highest BCUT2D eigenvalue weighted by Gasteiger charge is 2.33. The maximum absolute atomic E-state index is 12.5. The van der Waals surface area contributed by atoms with E-state index in [2.05, 4.69) is 0 Å². The first kappa shape index (κ1) is 15.3. The SMILES string of the molecule is C[C@@](N)(C(=O)OCc1ccccc1)c1cccc2ccccc12. The van der Waals surface area contributed by atoms with Gasteiger partial charge in [0.2, 0.25) is 0 Å². The molecule has 3 heteroatoms. The number of hydrogen-bond donors (Lipinski definition) is 1. The maximum Gasteiger partial charge on any atom is 0.330 e. The summed E-state index contributed by atoms with van der Waals surface area (Å²) in [4.78, 5) is 12.5. The van der Waals surface area contributed by atoms with Gasteiger partial charge in [-0.25, -0.2) is 4.79 Å². The van der Waals surface area contributed by atoms with Gasteiger partial charge in [0.1, 0.15) is 12.1 Å². The average molecular weight is 305 g/mol. The highest BCUT2D eigenvalue weighted by Crippen LogP contribution is 2.28. The lowest BCUT2D eigenvalue weighted by Gasteiger charge is -2.24. The lowest BCUT2D eigenvalue weighted by atomic mass is 9.89. The van der Waals surface area contributed by atoms with Gasteiger partial charge in [-0.1, -0.05) is 72.8 Å². The average Bonchev–Trinajstić information content (AvgIpc) is 2.60. The fourth-order valence-electron chi connectivity index (χ4n) is 2.66. The number of rotatable bonds is 4. The summed E-state index contributed by atoms with van der Waals surface area (Å²) in [6.45, 7) is 1.92. The number of ether oxygens (including phenoxy) is 1. The van der Waals surface area contributed by atoms with Gasteiger partial charge in [-0.2, -0.15) is 0 Å². The van der Waals surface area contributed by atoms with Crippen LogP contribution < -0.4 is 5.73 Å². The smallest absolute Gasteiger partial charge is 0.330 e. The molecule has 2 N–H and O–H groups in total. The summed E-state index contributed by atoms with van der Waals surface area (Å²) in [6.07, 6.45) is 0. The Bertz CT molecular complexity index is 820. The molecule has 0 amide bonds. The van der Waals surface area contributed by atoms with Crippen LogP contribution in [0.4, 0.5) is 0 Å². The number of carbonyl (C=O) groups is 1. The second kappa shape index (κ2) is 6.23. The summed E-state index contributed by atoms with van der Waals surface area (Å²) in [7, 11) is 0. The van der Waals surface area contributed by atoms with E-state index in [9.17, 15) is 4.79 Å². The van der Waals surface area contributed by atoms with Crippen molar-refractivity contribution in [2.75, 3.05) is 0 Å². The minimum Gasteiger partial charge on any atom is -0.459 e. The molecule has 0 aromatic heterocycles. The van der Waals surface area contributed by atoms with Crippen molar-refractivity contribution < 1.29 is 9.53 Å². The molecule has 0 saturated carbocycles. The van der Waals surface area contributed by atoms with E-state index < -0.39 is 11.5 Å². The van der Waals surface area contributed by atoms with E-state index in [1.54, 1.807) is 6.92 Å². The number of nitrogens with two attached hydrogens (primary N) is 1. The molecule has 0 heterocycles. The predicted molar refractivity (Wildman–Crippen MR) is 91.7 cm³/mol. The lowest BCUT2D eigenvalue weighted by Crippen LogP contribution is -2.43. The fraction of sp³-hybridized carbons (Fsp3) is 0.150. The van der Waals surface area contributed by atoms with Crippen LogP contribution in [0.2, 0.25) is 0 Å². The van der Waals surface area contributed by atoms with Crippen molar-refractivity contribution in [1.29, 1.82) is 0 Å². The van der Waals surface area contributed by atoms with Crippen molar-refractivity contribution in [1.82, 2.24) is 0 Å². The number of esters is 1. The van der Waals surface area contributed by atoms with Crippen LogP contribution in [0.5, 0.6) is 0 Å². The van der Waals surface area contributed by atoms with Gasteiger partial charge in [-0.15, -0.1) is 0 Å². The second-order valence-electron chi connectivity index (χ2n) is 5.79. The van der Waals surface area contributed by atoms with Gasteiger partial charge in [0, 0.05) is 0 Å². The normalized spacial score (nSPS) is 13.5. The van der Waals surface area contributed by atoms with Gasteiger partial charge in [0.25, 0.3) is 0 Å². The summed E-state index contributed by atoms with van der Waals surface area (Å²) in [6, 6.07) is 23.3. The minimum atomic E-state index is -1.20. The zero-order chi connectivity index (χ0) is 16.3. The standard InChI is InChI=1S/C20H19NO2/c1-20(21,19(22)23-14-15-8-3-2-4-9-15)18-13-7-11-16-10-5-6-12-17(16)18/h2-13H,14,21H2,1H3/t20-/m0/s1. The molecule has 0 radical (unpaired) electrons. The molecule has 0 aliphatic heterocycles. The predicted octanol–water partition coefficient (Wildman–Crippen LogP) is 3.76. The molecule has 3 aromatic rings. The lowest BCUT2D eigenvalue weighted by molar-refractivity contribution is -0.151. The Morgan fingerprint density at radius 1 is 0.957 bits per heavy atom. The zero-order valence-corrected chi connectivity index (χ0v) is 13.0. The van der Waals surface area contributed by atoms with E-state index in [0.29, 0.717) is 0 Å². The van der Waals surface area contributed by atoms with Crippen molar-refractivity contribution in [2.24, 2.45) is 5.73 Å². The summed E-state index contributed by atoms with van der Waals surface area (Å²) in [5, 5.41) is 2.02. The summed E-state index contributed by atoms with van der Waals surface area (Å²) in [5.74, 6) is -0.433. The van der Waals surface area contributed by atoms with Crippen LogP contribution in [-0.2, 0) is 21.7 Å². The third-order valence-electron chi connectivity index (χ3n) is 3.99. The monoisotopic (exact) mass is 305 g/mol. The topological polar surface area (TPSA) is 52.3 Å². The Morgan fingerprint density at radius 3 is 2.39 bits per heavy atom. The van der Waals surface area contributed by atoms with Crippen molar-refractivity contribution in [2.45, 2.75) is 19.1 Å². The van der Waals surface area contributed by atoms with Crippen LogP contribution in [0.25, 0.3) is 10.8 Å². The molecule has 3 rings (SSSR count). The van der Waals surface area contributed by atoms with E-state index in [4.69, 9.17) is 10.5 Å². The molecule has 0 bridgehead atoms. The Balaban J connectivity index is 1.86. The van der Waals surface area contributed by atoms with Crippen LogP contribution >= 0.6 is 0 Å². The Hall–Kier alpha value is -2.65. The Labute approximate surface area is 135 Å². The maximum atomic E-state index is 12.5. The Morgan fingerprint density at radius 2 is 1.61 bits per heavy atom. The van der Waals surface area contributed by atoms with E-state index >= 15 is 0 Å². The highest BCUT2D eigenvalue weighted by atomic mass is 16.5.